The van der Waals surface area contributed by atoms with Crippen LogP contribution < -0.4 is 3.88 Å². The molecule has 1 aliphatic heterocycles. The van der Waals surface area contributed by atoms with Crippen molar-refractivity contribution in [1.82, 2.24) is 15.0 Å². The highest BCUT2D eigenvalue weighted by molar-refractivity contribution is 6.24. The van der Waals surface area contributed by atoms with Crippen LogP contribution in [0.25, 0.3) is 43.6 Å². The molecule has 0 fully saturated rings. The van der Waals surface area contributed by atoms with E-state index in [1.165, 1.54) is 27.1 Å². The SMILES string of the molecule is CC1(C)c2cc3ccccc3cc2[N]([Al])c2nc3[nH]c4cc5ccccc5cc4c3nc21. The van der Waals surface area contributed by atoms with Crippen molar-refractivity contribution in [1.29, 1.82) is 0 Å². The predicted octanol–water partition coefficient (Wildman–Crippen LogP) is 6.28. The van der Waals surface area contributed by atoms with E-state index in [1.807, 2.05) is 0 Å². The van der Waals surface area contributed by atoms with Crippen molar-refractivity contribution in [3.05, 3.63) is 84.1 Å². The number of aromatic nitrogens is 3. The Morgan fingerprint density at radius 1 is 0.812 bits per heavy atom. The molecule has 0 amide bonds. The molecule has 0 saturated carbocycles. The minimum atomic E-state index is -0.274. The average Bonchev–Trinajstić information content (AvgIpc) is 3.16. The van der Waals surface area contributed by atoms with Gasteiger partial charge in [-0.15, -0.1) is 0 Å². The molecule has 1 aliphatic rings. The molecule has 2 radical (unpaired) electrons. The minimum Gasteiger partial charge on any atom is -0.436 e. The number of hydrogen-bond donors (Lipinski definition) is 1. The molecule has 32 heavy (non-hydrogen) atoms. The van der Waals surface area contributed by atoms with Gasteiger partial charge in [-0.2, -0.15) is 0 Å². The van der Waals surface area contributed by atoms with Gasteiger partial charge in [-0.05, 0) is 65.2 Å². The predicted molar refractivity (Wildman–Crippen MR) is 133 cm³/mol. The first kappa shape index (κ1) is 18.2. The van der Waals surface area contributed by atoms with E-state index >= 15 is 0 Å². The van der Waals surface area contributed by atoms with Crippen LogP contribution in [-0.4, -0.2) is 31.5 Å². The van der Waals surface area contributed by atoms with Gasteiger partial charge in [0, 0.05) is 22.0 Å². The number of H-pyrrole nitrogens is 1. The molecule has 3 heterocycles. The molecule has 2 aromatic heterocycles. The van der Waals surface area contributed by atoms with Crippen molar-refractivity contribution in [2.45, 2.75) is 19.3 Å². The molecule has 0 spiro atoms. The summed E-state index contributed by atoms with van der Waals surface area (Å²) >= 11 is 2.86. The molecule has 0 aliphatic carbocycles. The third-order valence-electron chi connectivity index (χ3n) is 6.89. The summed E-state index contributed by atoms with van der Waals surface area (Å²) in [6.45, 7) is 4.50. The minimum absolute atomic E-state index is 0.274. The van der Waals surface area contributed by atoms with Crippen molar-refractivity contribution in [2.24, 2.45) is 0 Å². The smallest absolute Gasteiger partial charge is 0.320 e. The summed E-state index contributed by atoms with van der Waals surface area (Å²) in [5, 5.41) is 6.01. The molecule has 0 bridgehead atoms. The molecule has 150 valence electrons. The third kappa shape index (κ3) is 2.33. The number of fused-ring (bicyclic) bond motifs is 7. The quantitative estimate of drug-likeness (QED) is 0.291. The zero-order chi connectivity index (χ0) is 21.6. The van der Waals surface area contributed by atoms with Gasteiger partial charge in [-0.3, -0.25) is 0 Å². The van der Waals surface area contributed by atoms with Crippen LogP contribution in [-0.2, 0) is 5.41 Å². The summed E-state index contributed by atoms with van der Waals surface area (Å²) in [6.07, 6.45) is 0. The maximum atomic E-state index is 5.24. The molecule has 0 saturated heterocycles. The first-order valence-electron chi connectivity index (χ1n) is 10.8. The Hall–Kier alpha value is -3.39. The lowest BCUT2D eigenvalue weighted by Crippen LogP contribution is -2.33. The lowest BCUT2D eigenvalue weighted by Gasteiger charge is -2.40. The van der Waals surface area contributed by atoms with E-state index in [-0.39, 0.29) is 5.41 Å². The van der Waals surface area contributed by atoms with Crippen LogP contribution in [0, 0.1) is 0 Å². The van der Waals surface area contributed by atoms with Gasteiger partial charge in [0.25, 0.3) is 0 Å². The van der Waals surface area contributed by atoms with Gasteiger partial charge in [0.05, 0.1) is 5.69 Å². The summed E-state index contributed by atoms with van der Waals surface area (Å²) in [5.41, 5.74) is 5.96. The van der Waals surface area contributed by atoms with Crippen LogP contribution in [0.5, 0.6) is 0 Å². The fourth-order valence-electron chi connectivity index (χ4n) is 5.13. The summed E-state index contributed by atoms with van der Waals surface area (Å²) in [7, 11) is 0. The second-order valence-corrected chi connectivity index (χ2v) is 9.69. The van der Waals surface area contributed by atoms with E-state index in [4.69, 9.17) is 9.97 Å². The van der Waals surface area contributed by atoms with Crippen LogP contribution in [0.2, 0.25) is 0 Å². The number of anilines is 2. The first-order chi connectivity index (χ1) is 15.5. The summed E-state index contributed by atoms with van der Waals surface area (Å²) in [6, 6.07) is 25.9. The van der Waals surface area contributed by atoms with E-state index in [0.717, 1.165) is 39.3 Å². The van der Waals surface area contributed by atoms with Crippen molar-refractivity contribution >= 4 is 71.6 Å². The Balaban J connectivity index is 1.55. The maximum Gasteiger partial charge on any atom is 0.320 e. The van der Waals surface area contributed by atoms with Crippen LogP contribution in [0.3, 0.4) is 0 Å². The van der Waals surface area contributed by atoms with Crippen molar-refractivity contribution in [3.8, 4) is 0 Å². The topological polar surface area (TPSA) is 44.8 Å². The van der Waals surface area contributed by atoms with Crippen LogP contribution in [0.4, 0.5) is 11.5 Å². The Labute approximate surface area is 193 Å². The van der Waals surface area contributed by atoms with Gasteiger partial charge in [-0.1, -0.05) is 48.5 Å². The first-order valence-corrected chi connectivity index (χ1v) is 11.3. The van der Waals surface area contributed by atoms with E-state index in [1.54, 1.807) is 0 Å². The molecule has 0 atom stereocenters. The van der Waals surface area contributed by atoms with Crippen LogP contribution >= 0.6 is 0 Å². The van der Waals surface area contributed by atoms with Crippen LogP contribution in [0.1, 0.15) is 25.1 Å². The molecule has 7 rings (SSSR count). The number of nitrogens with zero attached hydrogens (tertiary/aromatic N) is 3. The number of hydrogen-bond acceptors (Lipinski definition) is 3. The Morgan fingerprint density at radius 3 is 2.16 bits per heavy atom. The maximum absolute atomic E-state index is 5.24. The molecule has 4 nitrogen and oxygen atoms in total. The van der Waals surface area contributed by atoms with Gasteiger partial charge in [0.2, 0.25) is 0 Å². The molecule has 5 heteroatoms. The second-order valence-electron chi connectivity index (χ2n) is 9.17. The highest BCUT2D eigenvalue weighted by Crippen LogP contribution is 2.48. The normalized spacial score (nSPS) is 14.9. The van der Waals surface area contributed by atoms with Gasteiger partial charge in [0.1, 0.15) is 11.3 Å². The van der Waals surface area contributed by atoms with E-state index < -0.39 is 0 Å². The number of nitrogens with one attached hydrogen (secondary N) is 1. The lowest BCUT2D eigenvalue weighted by molar-refractivity contribution is 0.610. The fraction of sp³-hybridized carbons (Fsp3) is 0.111. The zero-order valence-corrected chi connectivity index (χ0v) is 19.0. The molecular weight excluding hydrogens is 407 g/mol. The summed E-state index contributed by atoms with van der Waals surface area (Å²) < 4.78 is 2.11. The standard InChI is InChI=1S/C27H19N4.Al/c1-27(2)20-12-16-8-4-6-10-18(16)14-22(20)29-26-24(27)30-23-19-11-15-7-3-5-9-17(15)13-21(19)28-25(23)31-26;/h3-14H,1-2H3,(H-,28,29,31);/q-1;+1. The van der Waals surface area contributed by atoms with E-state index in [2.05, 4.69) is 112 Å². The Kier molecular flexibility index (Phi) is 3.47. The molecular formula is C27H19AlN4. The summed E-state index contributed by atoms with van der Waals surface area (Å²) in [4.78, 5) is 13.8. The van der Waals surface area contributed by atoms with Gasteiger partial charge in [0.15, 0.2) is 5.65 Å². The molecule has 4 aromatic carbocycles. The zero-order valence-electron chi connectivity index (χ0n) is 17.8. The third-order valence-corrected chi connectivity index (χ3v) is 7.41. The van der Waals surface area contributed by atoms with E-state index in [0.29, 0.717) is 0 Å². The van der Waals surface area contributed by atoms with Crippen molar-refractivity contribution in [2.75, 3.05) is 3.88 Å². The van der Waals surface area contributed by atoms with Gasteiger partial charge in [-0.25, -0.2) is 9.97 Å². The number of rotatable bonds is 0. The molecule has 0 unspecified atom stereocenters. The lowest BCUT2D eigenvalue weighted by atomic mass is 9.77. The number of aromatic amines is 1. The summed E-state index contributed by atoms with van der Waals surface area (Å²) in [5.74, 6) is 0.881. The highest BCUT2D eigenvalue weighted by Gasteiger charge is 2.37. The molecule has 1 N–H and O–H groups in total. The van der Waals surface area contributed by atoms with Gasteiger partial charge >= 0.3 is 16.5 Å². The van der Waals surface area contributed by atoms with Gasteiger partial charge < -0.3 is 8.87 Å². The number of benzene rings is 4. The highest BCUT2D eigenvalue weighted by atomic mass is 27.1. The van der Waals surface area contributed by atoms with E-state index in [9.17, 15) is 0 Å². The average molecular weight is 426 g/mol. The largest absolute Gasteiger partial charge is 0.436 e. The van der Waals surface area contributed by atoms with Crippen molar-refractivity contribution < 1.29 is 0 Å². The van der Waals surface area contributed by atoms with Crippen molar-refractivity contribution in [3.63, 3.8) is 0 Å². The second kappa shape index (κ2) is 6.10. The Bertz CT molecular complexity index is 1730. The monoisotopic (exact) mass is 426 g/mol. The Morgan fingerprint density at radius 2 is 1.44 bits per heavy atom. The fourth-order valence-corrected chi connectivity index (χ4v) is 5.52. The van der Waals surface area contributed by atoms with Crippen LogP contribution in [0.15, 0.2) is 72.8 Å². The molecule has 6 aromatic rings.